The molecule has 10 heavy (non-hydrogen) atoms. The third-order valence-electron chi connectivity index (χ3n) is 0.970. The molecular formula is C6H6BrNOS. The Labute approximate surface area is 71.4 Å². The molecular weight excluding hydrogens is 214 g/mol. The van der Waals surface area contributed by atoms with Crippen LogP contribution in [0.1, 0.15) is 11.1 Å². The summed E-state index contributed by atoms with van der Waals surface area (Å²) in [6.07, 6.45) is 0.821. The molecule has 0 aliphatic rings. The molecule has 0 spiro atoms. The Morgan fingerprint density at radius 2 is 2.60 bits per heavy atom. The molecule has 0 saturated heterocycles. The molecule has 1 atom stereocenters. The first-order chi connectivity index (χ1) is 4.74. The first kappa shape index (κ1) is 7.91. The second-order valence-corrected chi connectivity index (χ2v) is 3.39. The Morgan fingerprint density at radius 1 is 1.90 bits per heavy atom. The van der Waals surface area contributed by atoms with Crippen molar-refractivity contribution in [1.82, 2.24) is 4.98 Å². The molecule has 4 heteroatoms. The summed E-state index contributed by atoms with van der Waals surface area (Å²) in [5, 5.41) is 11.6. The first-order valence-electron chi connectivity index (χ1n) is 2.65. The highest BCUT2D eigenvalue weighted by molar-refractivity contribution is 9.10. The quantitative estimate of drug-likeness (QED) is 0.774. The molecule has 1 N–H and O–H groups in total. The van der Waals surface area contributed by atoms with E-state index in [1.54, 1.807) is 0 Å². The number of rotatable bonds is 2. The molecule has 0 saturated carbocycles. The lowest BCUT2D eigenvalue weighted by Crippen LogP contribution is -1.89. The highest BCUT2D eigenvalue weighted by Gasteiger charge is 2.05. The van der Waals surface area contributed by atoms with Gasteiger partial charge in [-0.05, 0) is 15.9 Å². The van der Waals surface area contributed by atoms with Gasteiger partial charge in [-0.1, -0.05) is 6.08 Å². The standard InChI is InChI=1S/C6H6BrNOS/c1-2-4(9)6-8-5(7)3-10-6/h2-4,9H,1H2. The SMILES string of the molecule is C=CC(O)c1nc(Br)cs1. The average Bonchev–Trinajstić information content (AvgIpc) is 2.34. The number of aliphatic hydroxyl groups excluding tert-OH is 1. The molecule has 1 aromatic heterocycles. The van der Waals surface area contributed by atoms with E-state index >= 15 is 0 Å². The number of hydrogen-bond acceptors (Lipinski definition) is 3. The van der Waals surface area contributed by atoms with Crippen LogP contribution in [0.5, 0.6) is 0 Å². The van der Waals surface area contributed by atoms with Crippen LogP contribution in [0.3, 0.4) is 0 Å². The van der Waals surface area contributed by atoms with Crippen LogP contribution in [-0.2, 0) is 0 Å². The van der Waals surface area contributed by atoms with Crippen LogP contribution in [0.2, 0.25) is 0 Å². The zero-order valence-electron chi connectivity index (χ0n) is 5.12. The van der Waals surface area contributed by atoms with Crippen molar-refractivity contribution in [3.05, 3.63) is 27.6 Å². The molecule has 0 aromatic carbocycles. The van der Waals surface area contributed by atoms with Crippen molar-refractivity contribution in [3.63, 3.8) is 0 Å². The van der Waals surface area contributed by atoms with Gasteiger partial charge < -0.3 is 5.11 Å². The Bertz CT molecular complexity index is 235. The maximum atomic E-state index is 9.15. The minimum atomic E-state index is -0.628. The van der Waals surface area contributed by atoms with E-state index in [4.69, 9.17) is 5.11 Å². The fourth-order valence-corrected chi connectivity index (χ4v) is 1.75. The minimum absolute atomic E-state index is 0.628. The minimum Gasteiger partial charge on any atom is -0.382 e. The second kappa shape index (κ2) is 3.27. The van der Waals surface area contributed by atoms with E-state index in [1.165, 1.54) is 17.4 Å². The molecule has 0 fully saturated rings. The van der Waals surface area contributed by atoms with Crippen LogP contribution < -0.4 is 0 Å². The van der Waals surface area contributed by atoms with E-state index in [0.717, 1.165) is 4.60 Å². The predicted molar refractivity (Wildman–Crippen MR) is 45.0 cm³/mol. The number of aromatic nitrogens is 1. The van der Waals surface area contributed by atoms with Crippen LogP contribution in [0, 0.1) is 0 Å². The molecule has 0 amide bonds. The number of nitrogens with zero attached hydrogens (tertiary/aromatic N) is 1. The topological polar surface area (TPSA) is 33.1 Å². The van der Waals surface area contributed by atoms with Gasteiger partial charge in [0.1, 0.15) is 15.7 Å². The number of aliphatic hydroxyl groups is 1. The van der Waals surface area contributed by atoms with Gasteiger partial charge in [-0.15, -0.1) is 17.9 Å². The van der Waals surface area contributed by atoms with Crippen LogP contribution in [-0.4, -0.2) is 10.1 Å². The van der Waals surface area contributed by atoms with Gasteiger partial charge in [-0.2, -0.15) is 0 Å². The lowest BCUT2D eigenvalue weighted by molar-refractivity contribution is 0.228. The number of halogens is 1. The fraction of sp³-hybridized carbons (Fsp3) is 0.167. The molecule has 0 aliphatic carbocycles. The van der Waals surface area contributed by atoms with Crippen molar-refractivity contribution in [2.45, 2.75) is 6.10 Å². The van der Waals surface area contributed by atoms with Crippen molar-refractivity contribution in [2.24, 2.45) is 0 Å². The third-order valence-corrected chi connectivity index (χ3v) is 2.59. The maximum Gasteiger partial charge on any atom is 0.127 e. The van der Waals surface area contributed by atoms with Gasteiger partial charge in [-0.25, -0.2) is 4.98 Å². The van der Waals surface area contributed by atoms with E-state index in [9.17, 15) is 0 Å². The Balaban J connectivity index is 2.84. The zero-order chi connectivity index (χ0) is 7.56. The van der Waals surface area contributed by atoms with Crippen LogP contribution >= 0.6 is 27.3 Å². The molecule has 0 aliphatic heterocycles. The Morgan fingerprint density at radius 3 is 3.00 bits per heavy atom. The monoisotopic (exact) mass is 219 g/mol. The molecule has 1 rings (SSSR count). The lowest BCUT2D eigenvalue weighted by atomic mass is 10.4. The molecule has 1 aromatic rings. The summed E-state index contributed by atoms with van der Waals surface area (Å²) in [5.74, 6) is 0. The van der Waals surface area contributed by atoms with Crippen LogP contribution in [0.15, 0.2) is 22.6 Å². The summed E-state index contributed by atoms with van der Waals surface area (Å²) in [6.45, 7) is 3.45. The fourth-order valence-electron chi connectivity index (χ4n) is 0.504. The summed E-state index contributed by atoms with van der Waals surface area (Å²) >= 11 is 4.59. The molecule has 54 valence electrons. The molecule has 0 radical (unpaired) electrons. The van der Waals surface area contributed by atoms with Gasteiger partial charge in [-0.3, -0.25) is 0 Å². The molecule has 0 bridgehead atoms. The molecule has 1 unspecified atom stereocenters. The molecule has 2 nitrogen and oxygen atoms in total. The van der Waals surface area contributed by atoms with Crippen molar-refractivity contribution >= 4 is 27.3 Å². The van der Waals surface area contributed by atoms with Gasteiger partial charge in [0, 0.05) is 5.38 Å². The summed E-state index contributed by atoms with van der Waals surface area (Å²) < 4.78 is 0.758. The normalized spacial score (nSPS) is 13.0. The summed E-state index contributed by atoms with van der Waals surface area (Å²) in [6, 6.07) is 0. The van der Waals surface area contributed by atoms with Gasteiger partial charge in [0.05, 0.1) is 0 Å². The first-order valence-corrected chi connectivity index (χ1v) is 4.33. The smallest absolute Gasteiger partial charge is 0.127 e. The predicted octanol–water partition coefficient (Wildman–Crippen LogP) is 2.12. The molecule has 1 heterocycles. The number of thiazole rings is 1. The second-order valence-electron chi connectivity index (χ2n) is 1.69. The van der Waals surface area contributed by atoms with Gasteiger partial charge in [0.2, 0.25) is 0 Å². The number of hydrogen-bond donors (Lipinski definition) is 1. The largest absolute Gasteiger partial charge is 0.382 e. The van der Waals surface area contributed by atoms with Crippen LogP contribution in [0.25, 0.3) is 0 Å². The van der Waals surface area contributed by atoms with Crippen molar-refractivity contribution in [3.8, 4) is 0 Å². The summed E-state index contributed by atoms with van der Waals surface area (Å²) in [5.41, 5.74) is 0. The summed E-state index contributed by atoms with van der Waals surface area (Å²) in [4.78, 5) is 4.00. The maximum absolute atomic E-state index is 9.15. The van der Waals surface area contributed by atoms with E-state index in [2.05, 4.69) is 27.5 Å². The summed E-state index contributed by atoms with van der Waals surface area (Å²) in [7, 11) is 0. The van der Waals surface area contributed by atoms with Gasteiger partial charge in [0.25, 0.3) is 0 Å². The van der Waals surface area contributed by atoms with Crippen molar-refractivity contribution < 1.29 is 5.11 Å². The van der Waals surface area contributed by atoms with E-state index in [1.807, 2.05) is 5.38 Å². The van der Waals surface area contributed by atoms with Gasteiger partial charge >= 0.3 is 0 Å². The van der Waals surface area contributed by atoms with E-state index in [-0.39, 0.29) is 0 Å². The van der Waals surface area contributed by atoms with Crippen LogP contribution in [0.4, 0.5) is 0 Å². The zero-order valence-corrected chi connectivity index (χ0v) is 7.52. The Kier molecular flexibility index (Phi) is 2.59. The highest BCUT2D eigenvalue weighted by atomic mass is 79.9. The Hall–Kier alpha value is -0.190. The van der Waals surface area contributed by atoms with Crippen molar-refractivity contribution in [2.75, 3.05) is 0 Å². The van der Waals surface area contributed by atoms with Crippen molar-refractivity contribution in [1.29, 1.82) is 0 Å². The highest BCUT2D eigenvalue weighted by Crippen LogP contribution is 2.21. The lowest BCUT2D eigenvalue weighted by Gasteiger charge is -1.96. The van der Waals surface area contributed by atoms with E-state index in [0.29, 0.717) is 5.01 Å². The average molecular weight is 220 g/mol. The van der Waals surface area contributed by atoms with E-state index < -0.39 is 6.10 Å². The third kappa shape index (κ3) is 1.65. The van der Waals surface area contributed by atoms with Gasteiger partial charge in [0.15, 0.2) is 0 Å².